The number of aromatic hydroxyl groups is 1. The largest absolute Gasteiger partial charge is 0.502 e. The van der Waals surface area contributed by atoms with Crippen LogP contribution in [0.1, 0.15) is 78.4 Å². The van der Waals surface area contributed by atoms with Gasteiger partial charge in [-0.2, -0.15) is 0 Å². The van der Waals surface area contributed by atoms with E-state index in [9.17, 15) is 28.7 Å². The fourth-order valence-corrected chi connectivity index (χ4v) is 7.39. The molecule has 2 aromatic rings. The quantitative estimate of drug-likeness (QED) is 0.491. The molecule has 0 unspecified atom stereocenters. The molecule has 0 saturated heterocycles. The summed E-state index contributed by atoms with van der Waals surface area (Å²) in [4.78, 5) is 57.1. The molecule has 41 heavy (non-hydrogen) atoms. The Balaban J connectivity index is 1.37. The van der Waals surface area contributed by atoms with Gasteiger partial charge >= 0.3 is 5.97 Å². The van der Waals surface area contributed by atoms with Crippen molar-refractivity contribution in [2.45, 2.75) is 71.2 Å². The lowest BCUT2D eigenvalue weighted by Crippen LogP contribution is -2.53. The van der Waals surface area contributed by atoms with Crippen LogP contribution in [0.2, 0.25) is 5.02 Å². The molecule has 0 radical (unpaired) electrons. The number of ether oxygens (including phenoxy) is 1. The highest BCUT2D eigenvalue weighted by atomic mass is 35.5. The van der Waals surface area contributed by atoms with Gasteiger partial charge in [-0.25, -0.2) is 4.39 Å². The second-order valence-corrected chi connectivity index (χ2v) is 12.7. The van der Waals surface area contributed by atoms with E-state index in [1.54, 1.807) is 11.8 Å². The Hall–Kier alpha value is -3.40. The summed E-state index contributed by atoms with van der Waals surface area (Å²) in [6.45, 7) is 6.03. The van der Waals surface area contributed by atoms with E-state index in [-0.39, 0.29) is 72.5 Å². The molecule has 2 aliphatic heterocycles. The van der Waals surface area contributed by atoms with Gasteiger partial charge in [0.1, 0.15) is 23.3 Å². The first-order valence-electron chi connectivity index (χ1n) is 14.2. The minimum atomic E-state index is -0.954. The highest BCUT2D eigenvalue weighted by molar-refractivity contribution is 6.30. The number of carbonyl (C=O) groups excluding carboxylic acids is 3. The average molecular weight is 586 g/mol. The van der Waals surface area contributed by atoms with Crippen LogP contribution in [0.15, 0.2) is 23.0 Å². The van der Waals surface area contributed by atoms with Gasteiger partial charge in [0.05, 0.1) is 17.1 Å². The van der Waals surface area contributed by atoms with Crippen molar-refractivity contribution in [1.29, 1.82) is 0 Å². The minimum Gasteiger partial charge on any atom is -0.502 e. The van der Waals surface area contributed by atoms with Crippen LogP contribution in [0.4, 0.5) is 4.39 Å². The normalized spacial score (nSPS) is 25.0. The number of hydrogen-bond acceptors (Lipinski definition) is 6. The fourth-order valence-electron chi connectivity index (χ4n) is 7.19. The topological polar surface area (TPSA) is 109 Å². The Labute approximate surface area is 241 Å². The molecule has 4 atom stereocenters. The Kier molecular flexibility index (Phi) is 6.67. The van der Waals surface area contributed by atoms with Gasteiger partial charge in [-0.05, 0) is 62.1 Å². The summed E-state index contributed by atoms with van der Waals surface area (Å²) in [7, 11) is 0. The number of fused-ring (bicyclic) bond motifs is 6. The van der Waals surface area contributed by atoms with Gasteiger partial charge in [0, 0.05) is 31.0 Å². The van der Waals surface area contributed by atoms with Crippen molar-refractivity contribution < 1.29 is 28.6 Å². The van der Waals surface area contributed by atoms with Crippen LogP contribution in [-0.4, -0.2) is 56.5 Å². The van der Waals surface area contributed by atoms with E-state index in [1.807, 2.05) is 13.8 Å². The zero-order valence-electron chi connectivity index (χ0n) is 23.3. The van der Waals surface area contributed by atoms with Gasteiger partial charge in [0.2, 0.25) is 0 Å². The van der Waals surface area contributed by atoms with Crippen molar-refractivity contribution in [1.82, 2.24) is 14.4 Å². The van der Waals surface area contributed by atoms with Gasteiger partial charge < -0.3 is 19.6 Å². The number of nitrogens with zero attached hydrogens (tertiary/aromatic N) is 3. The van der Waals surface area contributed by atoms with Crippen LogP contribution in [0.5, 0.6) is 5.75 Å². The van der Waals surface area contributed by atoms with Crippen LogP contribution < -0.4 is 5.56 Å². The summed E-state index contributed by atoms with van der Waals surface area (Å²) in [6, 6.07) is 4.18. The molecular weight excluding hydrogens is 553 g/mol. The second kappa shape index (κ2) is 9.86. The second-order valence-electron chi connectivity index (χ2n) is 12.3. The molecule has 2 amide bonds. The average Bonchev–Trinajstić information content (AvgIpc) is 3.54. The van der Waals surface area contributed by atoms with Crippen LogP contribution in [0.25, 0.3) is 0 Å². The highest BCUT2D eigenvalue weighted by Gasteiger charge is 2.67. The van der Waals surface area contributed by atoms with E-state index in [0.717, 1.165) is 12.8 Å². The number of pyridine rings is 1. The van der Waals surface area contributed by atoms with Crippen LogP contribution in [0, 0.1) is 23.6 Å². The molecule has 4 aliphatic rings. The van der Waals surface area contributed by atoms with E-state index in [2.05, 4.69) is 0 Å². The summed E-state index contributed by atoms with van der Waals surface area (Å²) in [6.07, 6.45) is 2.17. The summed E-state index contributed by atoms with van der Waals surface area (Å²) in [5, 5.41) is 11.1. The summed E-state index contributed by atoms with van der Waals surface area (Å²) < 4.78 is 20.7. The molecule has 0 bridgehead atoms. The van der Waals surface area contributed by atoms with E-state index < -0.39 is 34.8 Å². The van der Waals surface area contributed by atoms with E-state index in [4.69, 9.17) is 16.3 Å². The Bertz CT molecular complexity index is 1540. The molecular formula is C30H33ClFN3O6. The van der Waals surface area contributed by atoms with Crippen LogP contribution in [0.3, 0.4) is 0 Å². The van der Waals surface area contributed by atoms with Crippen molar-refractivity contribution in [2.24, 2.45) is 17.8 Å². The number of hydrogen-bond donors (Lipinski definition) is 1. The number of carbonyl (C=O) groups is 3. The van der Waals surface area contributed by atoms with Gasteiger partial charge in [-0.15, -0.1) is 0 Å². The third kappa shape index (κ3) is 4.33. The lowest BCUT2D eigenvalue weighted by Gasteiger charge is -2.39. The smallest absolute Gasteiger partial charge is 0.306 e. The van der Waals surface area contributed by atoms with Gasteiger partial charge in [-0.3, -0.25) is 23.7 Å². The zero-order valence-corrected chi connectivity index (χ0v) is 24.0. The first-order chi connectivity index (χ1) is 19.4. The number of esters is 1. The van der Waals surface area contributed by atoms with Crippen LogP contribution >= 0.6 is 11.6 Å². The maximum Gasteiger partial charge on any atom is 0.306 e. The predicted molar refractivity (Wildman–Crippen MR) is 147 cm³/mol. The molecule has 2 saturated carbocycles. The van der Waals surface area contributed by atoms with E-state index in [0.29, 0.717) is 23.5 Å². The zero-order chi connectivity index (χ0) is 29.4. The maximum atomic E-state index is 14.2. The molecule has 9 nitrogen and oxygen atoms in total. The Morgan fingerprint density at radius 3 is 2.61 bits per heavy atom. The monoisotopic (exact) mass is 585 g/mol. The Morgan fingerprint density at radius 2 is 1.98 bits per heavy atom. The number of amides is 2. The number of halogens is 2. The van der Waals surface area contributed by atoms with Crippen molar-refractivity contribution in [3.8, 4) is 5.75 Å². The van der Waals surface area contributed by atoms with Crippen molar-refractivity contribution in [3.63, 3.8) is 0 Å². The van der Waals surface area contributed by atoms with Crippen molar-refractivity contribution in [2.75, 3.05) is 13.1 Å². The SMILES string of the molecule is CC(C)CC(=O)O[C@@H](C)CN1C(=O)c2c3c(c(O)c(=O)n2[C@@]12CC[C@H]1C[C@H]12)C(=O)N(Cc1ccc(F)c(Cl)c1)CC3. The molecule has 1 spiro atoms. The van der Waals surface area contributed by atoms with E-state index >= 15 is 0 Å². The third-order valence-corrected chi connectivity index (χ3v) is 9.28. The van der Waals surface area contributed by atoms with Crippen molar-refractivity contribution in [3.05, 3.63) is 61.8 Å². The fraction of sp³-hybridized carbons (Fsp3) is 0.533. The molecule has 11 heteroatoms. The standard InChI is InChI=1S/C30H33ClFN3O6/c1-15(2)10-23(36)41-16(3)13-34-28(39)25-19-7-9-33(14-17-4-5-22(32)21(31)11-17)27(38)24(19)26(37)29(40)35(25)30(34)8-6-18-12-20(18)30/h4-5,11,15-16,18,20,37H,6-10,12-14H2,1-3H3/t16-,18-,20+,30+/m0/s1. The highest BCUT2D eigenvalue weighted by Crippen LogP contribution is 2.64. The number of aromatic nitrogens is 1. The van der Waals surface area contributed by atoms with Gasteiger partial charge in [0.25, 0.3) is 17.4 Å². The van der Waals surface area contributed by atoms with Gasteiger partial charge in [-0.1, -0.05) is 31.5 Å². The molecule has 2 aliphatic carbocycles. The molecule has 1 N–H and O–H groups in total. The predicted octanol–water partition coefficient (Wildman–Crippen LogP) is 4.06. The third-order valence-electron chi connectivity index (χ3n) is 8.99. The first kappa shape index (κ1) is 27.8. The maximum absolute atomic E-state index is 14.2. The molecule has 1 aromatic carbocycles. The number of rotatable bonds is 7. The minimum absolute atomic E-state index is 0.0560. The summed E-state index contributed by atoms with van der Waals surface area (Å²) in [5.41, 5.74) is -0.766. The summed E-state index contributed by atoms with van der Waals surface area (Å²) >= 11 is 5.92. The summed E-state index contributed by atoms with van der Waals surface area (Å²) in [5.74, 6) is -1.98. The molecule has 218 valence electrons. The molecule has 6 rings (SSSR count). The van der Waals surface area contributed by atoms with Gasteiger partial charge in [0.15, 0.2) is 5.75 Å². The first-order valence-corrected chi connectivity index (χ1v) is 14.6. The van der Waals surface area contributed by atoms with E-state index in [1.165, 1.54) is 27.7 Å². The molecule has 2 fully saturated rings. The molecule has 1 aromatic heterocycles. The number of benzene rings is 1. The molecule has 3 heterocycles. The lowest BCUT2D eigenvalue weighted by atomic mass is 9.95. The lowest BCUT2D eigenvalue weighted by molar-refractivity contribution is -0.150. The van der Waals surface area contributed by atoms with Crippen molar-refractivity contribution >= 4 is 29.4 Å². The Morgan fingerprint density at radius 1 is 1.22 bits per heavy atom. The van der Waals surface area contributed by atoms with Crippen LogP contribution in [-0.2, 0) is 28.2 Å².